The van der Waals surface area contributed by atoms with Crippen molar-refractivity contribution in [3.8, 4) is 19.5 Å². The fourth-order valence-electron chi connectivity index (χ4n) is 7.00. The third-order valence-electron chi connectivity index (χ3n) is 10.9. The van der Waals surface area contributed by atoms with Gasteiger partial charge >= 0.3 is 23.9 Å². The molecular formula is C50H52N8O16S3. The van der Waals surface area contributed by atoms with Crippen LogP contribution in [0.25, 0.3) is 19.5 Å². The number of amides is 8. The molecule has 3 heterocycles. The summed E-state index contributed by atoms with van der Waals surface area (Å²) in [4.78, 5) is 153. The largest absolute Gasteiger partial charge is 0.481 e. The van der Waals surface area contributed by atoms with Crippen molar-refractivity contribution in [2.75, 3.05) is 13.1 Å². The molecule has 12 N–H and O–H groups in total. The number of hydrogen-bond acceptors (Lipinski definition) is 15. The van der Waals surface area contributed by atoms with Gasteiger partial charge in [0.05, 0.1) is 35.7 Å². The molecule has 0 radical (unpaired) electrons. The smallest absolute Gasteiger partial charge is 0.326 e. The lowest BCUT2D eigenvalue weighted by atomic mass is 10.0. The number of carbonyl (C=O) groups excluding carboxylic acids is 8. The summed E-state index contributed by atoms with van der Waals surface area (Å²) in [5.74, 6) is -12.3. The Hall–Kier alpha value is -8.82. The zero-order chi connectivity index (χ0) is 56.3. The monoisotopic (exact) mass is 1120 g/mol. The number of carboxylic acids is 4. The Balaban J connectivity index is 1.09. The van der Waals surface area contributed by atoms with Crippen LogP contribution in [0.2, 0.25) is 0 Å². The summed E-state index contributed by atoms with van der Waals surface area (Å²) in [6, 6.07) is 18.3. The van der Waals surface area contributed by atoms with E-state index in [0.717, 1.165) is 32.4 Å². The van der Waals surface area contributed by atoms with Crippen LogP contribution in [0, 0.1) is 0 Å². The lowest BCUT2D eigenvalue weighted by molar-refractivity contribution is -0.147. The van der Waals surface area contributed by atoms with E-state index in [4.69, 9.17) is 10.2 Å². The second kappa shape index (κ2) is 28.2. The Labute approximate surface area is 450 Å². The molecule has 3 unspecified atom stereocenters. The van der Waals surface area contributed by atoms with Crippen molar-refractivity contribution >= 4 is 105 Å². The first-order valence-corrected chi connectivity index (χ1v) is 25.7. The average Bonchev–Trinajstić information content (AvgIpc) is 4.20. The highest BCUT2D eigenvalue weighted by Gasteiger charge is 2.32. The van der Waals surface area contributed by atoms with Crippen LogP contribution >= 0.6 is 34.0 Å². The number of nitrogens with one attached hydrogen (secondary N) is 8. The van der Waals surface area contributed by atoms with Gasteiger partial charge in [-0.25, -0.2) is 9.59 Å². The molecule has 24 nitrogen and oxygen atoms in total. The molecule has 0 aliphatic heterocycles. The molecule has 0 fully saturated rings. The molecule has 27 heteroatoms. The standard InChI is InChI=1S/C50H52N8O16S3/c1-25(43(65)55-29(19-27-9-5-3-6-10-27)45(67)57-31(49(71)72)21-41(61)62)53-39(59)23-51-47(69)37-17-15-35(76-37)33-13-14-34(75-33)36-16-18-38(77-36)48(70)52-24-40(60)54-26(2)44(66)56-30(20-28-11-7-4-8-12-28)46(68)58-32(50(73)74)22-42(63)64/h3-18,25-26,29-32H,19-24H2,1-2H3,(H,51,69)(H,52,70)(H,53,59)(H,54,60)(H,55,65)(H,56,66)(H,57,67)(H,58,68)(H,61,62)(H,63,64)(H,71,72)(H,73,74)/t25-,26?,29?,30-,31-,32?/m0/s1. The number of rotatable bonds is 28. The lowest BCUT2D eigenvalue weighted by Crippen LogP contribution is -2.56. The van der Waals surface area contributed by atoms with Crippen LogP contribution in [0.5, 0.6) is 0 Å². The first-order chi connectivity index (χ1) is 36.6. The van der Waals surface area contributed by atoms with E-state index < -0.39 is 133 Å². The number of thiophene rings is 3. The predicted molar refractivity (Wildman–Crippen MR) is 279 cm³/mol. The van der Waals surface area contributed by atoms with Gasteiger partial charge in [-0.1, -0.05) is 60.7 Å². The molecule has 0 bridgehead atoms. The average molecular weight is 1120 g/mol. The van der Waals surface area contributed by atoms with Crippen molar-refractivity contribution in [1.82, 2.24) is 42.5 Å². The number of carboxylic acid groups (broad SMARTS) is 4. The molecule has 0 aliphatic rings. The summed E-state index contributed by atoms with van der Waals surface area (Å²) in [5, 5.41) is 56.0. The molecule has 0 saturated carbocycles. The maximum atomic E-state index is 13.1. The molecule has 0 saturated heterocycles. The SMILES string of the molecule is CC(NC(=O)CNC(=O)c1ccc(-c2ccc(-c3ccc(C(=O)NCC(=O)N[C@@H](C)C(=O)NC(Cc4ccccc4)C(=O)N[C@@H](CC(=O)O)C(=O)O)s3)s2)s1)C(=O)N[C@@H](Cc1ccccc1)C(=O)NC(CC(=O)O)C(=O)O. The fraction of sp³-hybridized carbons (Fsp3) is 0.280. The zero-order valence-electron chi connectivity index (χ0n) is 40.9. The van der Waals surface area contributed by atoms with Gasteiger partial charge in [0.25, 0.3) is 11.8 Å². The summed E-state index contributed by atoms with van der Waals surface area (Å²) < 4.78 is 0. The quantitative estimate of drug-likeness (QED) is 0.0335. The molecule has 8 amide bonds. The minimum Gasteiger partial charge on any atom is -0.481 e. The van der Waals surface area contributed by atoms with Crippen LogP contribution in [0.4, 0.5) is 0 Å². The topological polar surface area (TPSA) is 382 Å². The van der Waals surface area contributed by atoms with E-state index in [1.807, 2.05) is 12.1 Å². The maximum Gasteiger partial charge on any atom is 0.326 e. The van der Waals surface area contributed by atoms with Gasteiger partial charge in [-0.15, -0.1) is 34.0 Å². The minimum absolute atomic E-state index is 0.0929. The molecule has 0 spiro atoms. The summed E-state index contributed by atoms with van der Waals surface area (Å²) in [7, 11) is 0. The van der Waals surface area contributed by atoms with Gasteiger partial charge in [0.2, 0.25) is 35.4 Å². The first-order valence-electron chi connectivity index (χ1n) is 23.2. The van der Waals surface area contributed by atoms with Crippen LogP contribution < -0.4 is 42.5 Å². The normalized spacial score (nSPS) is 13.1. The highest BCUT2D eigenvalue weighted by molar-refractivity contribution is 7.27. The van der Waals surface area contributed by atoms with Crippen molar-refractivity contribution in [1.29, 1.82) is 0 Å². The van der Waals surface area contributed by atoms with E-state index in [1.54, 1.807) is 84.9 Å². The second-order valence-electron chi connectivity index (χ2n) is 16.9. The molecule has 2 aromatic carbocycles. The Bertz CT molecular complexity index is 2800. The van der Waals surface area contributed by atoms with Gasteiger partial charge in [-0.2, -0.15) is 0 Å². The van der Waals surface area contributed by atoms with Gasteiger partial charge in [-0.3, -0.25) is 47.9 Å². The number of hydrogen-bond donors (Lipinski definition) is 12. The van der Waals surface area contributed by atoms with Crippen LogP contribution in [0.3, 0.4) is 0 Å². The molecule has 0 aliphatic carbocycles. The van der Waals surface area contributed by atoms with Gasteiger partial charge in [0.15, 0.2) is 0 Å². The van der Waals surface area contributed by atoms with Gasteiger partial charge in [-0.05, 0) is 61.4 Å². The van der Waals surface area contributed by atoms with E-state index in [9.17, 15) is 67.7 Å². The molecular weight excluding hydrogens is 1060 g/mol. The predicted octanol–water partition coefficient (Wildman–Crippen LogP) is 1.22. The Kier molecular flexibility index (Phi) is 21.6. The molecule has 3 aromatic heterocycles. The van der Waals surface area contributed by atoms with Crippen LogP contribution in [-0.2, 0) is 60.8 Å². The number of aliphatic carboxylic acids is 4. The summed E-state index contributed by atoms with van der Waals surface area (Å²) in [6.45, 7) is 1.61. The molecule has 77 heavy (non-hydrogen) atoms. The van der Waals surface area contributed by atoms with Crippen molar-refractivity contribution in [2.45, 2.75) is 75.8 Å². The fourth-order valence-corrected chi connectivity index (χ4v) is 10.0. The van der Waals surface area contributed by atoms with E-state index in [2.05, 4.69) is 42.5 Å². The Morgan fingerprint density at radius 3 is 1.06 bits per heavy atom. The Morgan fingerprint density at radius 2 is 0.727 bits per heavy atom. The van der Waals surface area contributed by atoms with Crippen LogP contribution in [0.15, 0.2) is 97.1 Å². The Morgan fingerprint density at radius 1 is 0.403 bits per heavy atom. The third kappa shape index (κ3) is 18.5. The number of benzene rings is 2. The van der Waals surface area contributed by atoms with Crippen molar-refractivity contribution < 1.29 is 78.0 Å². The van der Waals surface area contributed by atoms with Gasteiger partial charge < -0.3 is 63.0 Å². The van der Waals surface area contributed by atoms with Crippen LogP contribution in [-0.4, -0.2) is 141 Å². The molecule has 406 valence electrons. The molecule has 6 atom stereocenters. The summed E-state index contributed by atoms with van der Waals surface area (Å²) in [6.07, 6.45) is -2.01. The third-order valence-corrected chi connectivity index (χ3v) is 14.6. The molecule has 5 aromatic rings. The number of carbonyl (C=O) groups is 12. The summed E-state index contributed by atoms with van der Waals surface area (Å²) >= 11 is 3.66. The zero-order valence-corrected chi connectivity index (χ0v) is 43.3. The molecule has 5 rings (SSSR count). The lowest BCUT2D eigenvalue weighted by Gasteiger charge is -2.23. The minimum atomic E-state index is -1.77. The van der Waals surface area contributed by atoms with Gasteiger partial charge in [0, 0.05) is 32.4 Å². The van der Waals surface area contributed by atoms with Crippen molar-refractivity contribution in [3.63, 3.8) is 0 Å². The van der Waals surface area contributed by atoms with Crippen molar-refractivity contribution in [3.05, 3.63) is 118 Å². The van der Waals surface area contributed by atoms with Crippen LogP contribution in [0.1, 0.15) is 57.2 Å². The van der Waals surface area contributed by atoms with Gasteiger partial charge in [0.1, 0.15) is 36.3 Å². The van der Waals surface area contributed by atoms with E-state index >= 15 is 0 Å². The second-order valence-corrected chi connectivity index (χ2v) is 20.2. The van der Waals surface area contributed by atoms with E-state index in [1.165, 1.54) is 25.2 Å². The van der Waals surface area contributed by atoms with Crippen molar-refractivity contribution in [2.24, 2.45) is 0 Å². The highest BCUT2D eigenvalue weighted by Crippen LogP contribution is 2.40. The van der Waals surface area contributed by atoms with E-state index in [0.29, 0.717) is 20.9 Å². The summed E-state index contributed by atoms with van der Waals surface area (Å²) in [5.41, 5.74) is 1.18. The maximum absolute atomic E-state index is 13.1. The highest BCUT2D eigenvalue weighted by atomic mass is 32.1. The first kappa shape index (κ1) is 59.1. The van der Waals surface area contributed by atoms with E-state index in [-0.39, 0.29) is 22.6 Å².